The van der Waals surface area contributed by atoms with E-state index in [2.05, 4.69) is 29.7 Å². The maximum atomic E-state index is 5.84. The third kappa shape index (κ3) is 3.84. The molecule has 1 saturated heterocycles. The number of methoxy groups -OCH3 is 1. The fourth-order valence-electron chi connectivity index (χ4n) is 2.98. The maximum Gasteiger partial charge on any atom is 0.257 e. The Kier molecular flexibility index (Phi) is 5.30. The summed E-state index contributed by atoms with van der Waals surface area (Å²) >= 11 is 5.84. The molecule has 128 valence electrons. The van der Waals surface area contributed by atoms with Gasteiger partial charge in [-0.1, -0.05) is 11.6 Å². The minimum atomic E-state index is 0.562. The van der Waals surface area contributed by atoms with Crippen LogP contribution < -0.4 is 14.5 Å². The summed E-state index contributed by atoms with van der Waals surface area (Å²) in [4.78, 5) is 21.5. The molecule has 2 aromatic heterocycles. The van der Waals surface area contributed by atoms with Gasteiger partial charge in [0.1, 0.15) is 0 Å². The van der Waals surface area contributed by atoms with Crippen LogP contribution in [0.4, 0.5) is 11.8 Å². The monoisotopic (exact) mass is 348 g/mol. The van der Waals surface area contributed by atoms with E-state index in [-0.39, 0.29) is 0 Å². The standard InChI is InChI=1S/C16H21ClN6O/c1-22(14-15(24-2)19-6-5-18-14)11-12-3-7-23(8-4-12)16-20-9-13(17)10-21-16/h5-6,9-10,12H,3-4,7-8,11H2,1-2H3. The van der Waals surface area contributed by atoms with Crippen molar-refractivity contribution in [2.24, 2.45) is 5.92 Å². The third-order valence-corrected chi connectivity index (χ3v) is 4.43. The number of nitrogens with zero attached hydrogens (tertiary/aromatic N) is 6. The molecule has 0 unspecified atom stereocenters. The topological polar surface area (TPSA) is 67.3 Å². The summed E-state index contributed by atoms with van der Waals surface area (Å²) in [6.07, 6.45) is 8.78. The minimum absolute atomic E-state index is 0.562. The maximum absolute atomic E-state index is 5.84. The van der Waals surface area contributed by atoms with Crippen LogP contribution in [0.15, 0.2) is 24.8 Å². The molecule has 0 N–H and O–H groups in total. The molecule has 0 spiro atoms. The summed E-state index contributed by atoms with van der Waals surface area (Å²) in [5.74, 6) is 2.68. The molecule has 3 heterocycles. The molecular formula is C16H21ClN6O. The Balaban J connectivity index is 1.56. The second kappa shape index (κ2) is 7.61. The highest BCUT2D eigenvalue weighted by Gasteiger charge is 2.23. The smallest absolute Gasteiger partial charge is 0.257 e. The van der Waals surface area contributed by atoms with Crippen LogP contribution in [0.5, 0.6) is 5.88 Å². The molecule has 8 heteroatoms. The van der Waals surface area contributed by atoms with Gasteiger partial charge in [-0.3, -0.25) is 0 Å². The highest BCUT2D eigenvalue weighted by molar-refractivity contribution is 6.30. The van der Waals surface area contributed by atoms with Crippen molar-refractivity contribution in [3.63, 3.8) is 0 Å². The van der Waals surface area contributed by atoms with Crippen LogP contribution in [0.3, 0.4) is 0 Å². The van der Waals surface area contributed by atoms with Crippen molar-refractivity contribution in [1.29, 1.82) is 0 Å². The molecule has 0 saturated carbocycles. The van der Waals surface area contributed by atoms with Gasteiger partial charge in [0, 0.05) is 39.1 Å². The van der Waals surface area contributed by atoms with Crippen molar-refractivity contribution in [1.82, 2.24) is 19.9 Å². The molecule has 7 nitrogen and oxygen atoms in total. The highest BCUT2D eigenvalue weighted by Crippen LogP contribution is 2.26. The number of rotatable bonds is 5. The second-order valence-corrected chi connectivity index (χ2v) is 6.34. The predicted molar refractivity (Wildman–Crippen MR) is 93.8 cm³/mol. The lowest BCUT2D eigenvalue weighted by Gasteiger charge is -2.34. The fraction of sp³-hybridized carbons (Fsp3) is 0.500. The van der Waals surface area contributed by atoms with Gasteiger partial charge < -0.3 is 14.5 Å². The van der Waals surface area contributed by atoms with E-state index in [0.717, 1.165) is 44.2 Å². The number of aromatic nitrogens is 4. The Morgan fingerprint density at radius 2 is 1.83 bits per heavy atom. The SMILES string of the molecule is COc1nccnc1N(C)CC1CCN(c2ncc(Cl)cn2)CC1. The van der Waals surface area contributed by atoms with Crippen molar-refractivity contribution < 1.29 is 4.74 Å². The van der Waals surface area contributed by atoms with Crippen LogP contribution in [0.1, 0.15) is 12.8 Å². The summed E-state index contributed by atoms with van der Waals surface area (Å²) < 4.78 is 5.29. The summed E-state index contributed by atoms with van der Waals surface area (Å²) in [5, 5.41) is 0.563. The number of anilines is 2. The van der Waals surface area contributed by atoms with E-state index >= 15 is 0 Å². The van der Waals surface area contributed by atoms with Gasteiger partial charge in [-0.05, 0) is 18.8 Å². The van der Waals surface area contributed by atoms with Crippen LogP contribution in [-0.2, 0) is 0 Å². The van der Waals surface area contributed by atoms with E-state index in [1.807, 2.05) is 7.05 Å². The molecule has 1 aliphatic rings. The van der Waals surface area contributed by atoms with Gasteiger partial charge in [0.2, 0.25) is 5.95 Å². The summed E-state index contributed by atoms with van der Waals surface area (Å²) in [6, 6.07) is 0. The first-order chi connectivity index (χ1) is 11.7. The summed E-state index contributed by atoms with van der Waals surface area (Å²) in [7, 11) is 3.65. The molecule has 2 aromatic rings. The number of hydrogen-bond donors (Lipinski definition) is 0. The molecule has 0 amide bonds. The Hall–Kier alpha value is -2.15. The van der Waals surface area contributed by atoms with Gasteiger partial charge in [0.05, 0.1) is 24.5 Å². The summed E-state index contributed by atoms with van der Waals surface area (Å²) in [6.45, 7) is 2.81. The first-order valence-electron chi connectivity index (χ1n) is 7.96. The van der Waals surface area contributed by atoms with Crippen LogP contribution >= 0.6 is 11.6 Å². The number of piperidine rings is 1. The van der Waals surface area contributed by atoms with E-state index in [1.165, 1.54) is 0 Å². The lowest BCUT2D eigenvalue weighted by atomic mass is 9.96. The van der Waals surface area contributed by atoms with Crippen LogP contribution in [0.25, 0.3) is 0 Å². The van der Waals surface area contributed by atoms with E-state index in [0.29, 0.717) is 16.8 Å². The third-order valence-electron chi connectivity index (χ3n) is 4.24. The van der Waals surface area contributed by atoms with Crippen LogP contribution in [-0.4, -0.2) is 53.7 Å². The Morgan fingerprint density at radius 3 is 2.50 bits per heavy atom. The molecule has 1 aliphatic heterocycles. The van der Waals surface area contributed by atoms with Crippen LogP contribution in [0, 0.1) is 5.92 Å². The summed E-state index contributed by atoms with van der Waals surface area (Å²) in [5.41, 5.74) is 0. The van der Waals surface area contributed by atoms with Crippen molar-refractivity contribution >= 4 is 23.4 Å². The van der Waals surface area contributed by atoms with Gasteiger partial charge >= 0.3 is 0 Å². The molecule has 0 aromatic carbocycles. The number of ether oxygens (including phenoxy) is 1. The van der Waals surface area contributed by atoms with Gasteiger partial charge in [-0.2, -0.15) is 0 Å². The molecular weight excluding hydrogens is 328 g/mol. The van der Waals surface area contributed by atoms with Crippen molar-refractivity contribution in [2.75, 3.05) is 43.6 Å². The Labute approximate surface area is 146 Å². The predicted octanol–water partition coefficient (Wildman–Crippen LogP) is 2.28. The average molecular weight is 349 g/mol. The fourth-order valence-corrected chi connectivity index (χ4v) is 3.08. The van der Waals surface area contributed by atoms with E-state index in [9.17, 15) is 0 Å². The lowest BCUT2D eigenvalue weighted by Crippen LogP contribution is -2.38. The largest absolute Gasteiger partial charge is 0.478 e. The second-order valence-electron chi connectivity index (χ2n) is 5.90. The zero-order chi connectivity index (χ0) is 16.9. The van der Waals surface area contributed by atoms with Gasteiger partial charge in [-0.15, -0.1) is 0 Å². The Morgan fingerprint density at radius 1 is 1.17 bits per heavy atom. The number of halogens is 1. The zero-order valence-corrected chi connectivity index (χ0v) is 14.6. The van der Waals surface area contributed by atoms with Crippen molar-refractivity contribution in [3.8, 4) is 5.88 Å². The molecule has 0 aliphatic carbocycles. The average Bonchev–Trinajstić information content (AvgIpc) is 2.63. The molecule has 0 radical (unpaired) electrons. The zero-order valence-electron chi connectivity index (χ0n) is 13.9. The van der Waals surface area contributed by atoms with E-state index in [4.69, 9.17) is 16.3 Å². The van der Waals surface area contributed by atoms with Crippen molar-refractivity contribution in [3.05, 3.63) is 29.8 Å². The van der Waals surface area contributed by atoms with Gasteiger partial charge in [0.15, 0.2) is 5.82 Å². The molecule has 0 bridgehead atoms. The lowest BCUT2D eigenvalue weighted by molar-refractivity contribution is 0.386. The van der Waals surface area contributed by atoms with Gasteiger partial charge in [-0.25, -0.2) is 19.9 Å². The molecule has 1 fully saturated rings. The first kappa shape index (κ1) is 16.7. The number of hydrogen-bond acceptors (Lipinski definition) is 7. The van der Waals surface area contributed by atoms with Gasteiger partial charge in [0.25, 0.3) is 5.88 Å². The van der Waals surface area contributed by atoms with E-state index in [1.54, 1.807) is 31.9 Å². The highest BCUT2D eigenvalue weighted by atomic mass is 35.5. The normalized spacial score (nSPS) is 15.4. The minimum Gasteiger partial charge on any atom is -0.478 e. The molecule has 24 heavy (non-hydrogen) atoms. The molecule has 3 rings (SSSR count). The van der Waals surface area contributed by atoms with E-state index < -0.39 is 0 Å². The first-order valence-corrected chi connectivity index (χ1v) is 8.34. The van der Waals surface area contributed by atoms with Crippen LogP contribution in [0.2, 0.25) is 5.02 Å². The quantitative estimate of drug-likeness (QED) is 0.821. The van der Waals surface area contributed by atoms with Crippen molar-refractivity contribution in [2.45, 2.75) is 12.8 Å². The Bertz CT molecular complexity index is 660. The molecule has 0 atom stereocenters.